The van der Waals surface area contributed by atoms with Crippen LogP contribution in [0.1, 0.15) is 15.9 Å². The van der Waals surface area contributed by atoms with Crippen molar-refractivity contribution in [2.24, 2.45) is 5.10 Å². The van der Waals surface area contributed by atoms with Gasteiger partial charge >= 0.3 is 0 Å². The van der Waals surface area contributed by atoms with Crippen LogP contribution >= 0.6 is 47.8 Å². The second-order valence-corrected chi connectivity index (χ2v) is 7.59. The van der Waals surface area contributed by atoms with E-state index in [1.807, 2.05) is 0 Å². The maximum Gasteiger partial charge on any atom is 0.259 e. The predicted molar refractivity (Wildman–Crippen MR) is 112 cm³/mol. The number of benzene rings is 2. The van der Waals surface area contributed by atoms with Crippen LogP contribution < -0.4 is 15.5 Å². The Morgan fingerprint density at radius 3 is 2.63 bits per heavy atom. The molecular formula is C17H14Br3N3O4. The number of methoxy groups -OCH3 is 1. The Balaban J connectivity index is 1.94. The summed E-state index contributed by atoms with van der Waals surface area (Å²) in [6, 6.07) is 8.34. The van der Waals surface area contributed by atoms with Gasteiger partial charge in [0.1, 0.15) is 11.5 Å². The lowest BCUT2D eigenvalue weighted by Crippen LogP contribution is -2.35. The summed E-state index contributed by atoms with van der Waals surface area (Å²) in [6.07, 6.45) is 1.36. The molecule has 0 heterocycles. The lowest BCUT2D eigenvalue weighted by atomic mass is 10.2. The summed E-state index contributed by atoms with van der Waals surface area (Å²) in [5, 5.41) is 16.2. The number of ether oxygens (including phenoxy) is 1. The van der Waals surface area contributed by atoms with Gasteiger partial charge in [0.25, 0.3) is 11.8 Å². The van der Waals surface area contributed by atoms with Crippen LogP contribution in [0.15, 0.2) is 48.9 Å². The molecule has 10 heteroatoms. The zero-order chi connectivity index (χ0) is 20.0. The monoisotopic (exact) mass is 561 g/mol. The van der Waals surface area contributed by atoms with E-state index in [0.717, 1.165) is 0 Å². The highest BCUT2D eigenvalue weighted by Crippen LogP contribution is 2.38. The van der Waals surface area contributed by atoms with Crippen LogP contribution in [0.4, 0.5) is 0 Å². The molecule has 0 unspecified atom stereocenters. The molecule has 0 radical (unpaired) electrons. The van der Waals surface area contributed by atoms with E-state index in [2.05, 4.69) is 63.6 Å². The number of phenols is 1. The minimum atomic E-state index is -0.511. The third-order valence-corrected chi connectivity index (χ3v) is 5.39. The Morgan fingerprint density at radius 1 is 1.22 bits per heavy atom. The van der Waals surface area contributed by atoms with Crippen LogP contribution in [0.2, 0.25) is 0 Å². The summed E-state index contributed by atoms with van der Waals surface area (Å²) in [7, 11) is 1.46. The third-order valence-electron chi connectivity index (χ3n) is 3.33. The van der Waals surface area contributed by atoms with Gasteiger partial charge in [-0.05, 0) is 50.1 Å². The van der Waals surface area contributed by atoms with Gasteiger partial charge in [-0.3, -0.25) is 9.59 Å². The van der Waals surface area contributed by atoms with Gasteiger partial charge < -0.3 is 15.2 Å². The maximum absolute atomic E-state index is 12.1. The van der Waals surface area contributed by atoms with Crippen molar-refractivity contribution in [3.63, 3.8) is 0 Å². The molecule has 0 aliphatic rings. The fourth-order valence-electron chi connectivity index (χ4n) is 2.01. The zero-order valence-electron chi connectivity index (χ0n) is 13.9. The topological polar surface area (TPSA) is 100 Å². The second kappa shape index (κ2) is 9.86. The van der Waals surface area contributed by atoms with Crippen molar-refractivity contribution in [1.82, 2.24) is 10.7 Å². The molecule has 142 valence electrons. The molecule has 2 amide bonds. The summed E-state index contributed by atoms with van der Waals surface area (Å²) in [5.74, 6) is -0.522. The highest BCUT2D eigenvalue weighted by Gasteiger charge is 2.13. The van der Waals surface area contributed by atoms with Crippen molar-refractivity contribution >= 4 is 65.8 Å². The number of para-hydroxylation sites is 1. The summed E-state index contributed by atoms with van der Waals surface area (Å²) >= 11 is 9.81. The molecule has 7 nitrogen and oxygen atoms in total. The summed E-state index contributed by atoms with van der Waals surface area (Å²) in [6.45, 7) is -0.262. The number of phenolic OH excluding ortho intramolecular Hbond substituents is 1. The van der Waals surface area contributed by atoms with Gasteiger partial charge in [0.15, 0.2) is 0 Å². The molecule has 2 rings (SSSR count). The first-order chi connectivity index (χ1) is 12.8. The normalized spacial score (nSPS) is 10.7. The van der Waals surface area contributed by atoms with E-state index in [1.54, 1.807) is 30.3 Å². The molecule has 0 aliphatic carbocycles. The van der Waals surface area contributed by atoms with E-state index in [9.17, 15) is 14.7 Å². The minimum absolute atomic E-state index is 0.00930. The fraction of sp³-hybridized carbons (Fsp3) is 0.118. The lowest BCUT2D eigenvalue weighted by molar-refractivity contribution is -0.120. The number of hydrazone groups is 1. The van der Waals surface area contributed by atoms with Crippen molar-refractivity contribution in [1.29, 1.82) is 0 Å². The first-order valence-electron chi connectivity index (χ1n) is 7.44. The van der Waals surface area contributed by atoms with Crippen LogP contribution in [-0.2, 0) is 4.79 Å². The molecule has 0 bridgehead atoms. The number of amides is 2. The van der Waals surface area contributed by atoms with Crippen molar-refractivity contribution in [3.05, 3.63) is 54.9 Å². The Labute approximate surface area is 180 Å². The van der Waals surface area contributed by atoms with E-state index in [-0.39, 0.29) is 12.3 Å². The average molecular weight is 564 g/mol. The molecular weight excluding hydrogens is 550 g/mol. The number of hydrogen-bond donors (Lipinski definition) is 3. The Bertz CT molecular complexity index is 903. The number of carbonyl (C=O) groups is 2. The van der Waals surface area contributed by atoms with Crippen LogP contribution in [0.25, 0.3) is 0 Å². The summed E-state index contributed by atoms with van der Waals surface area (Å²) < 4.78 is 6.67. The van der Waals surface area contributed by atoms with Gasteiger partial charge in [0.2, 0.25) is 0 Å². The van der Waals surface area contributed by atoms with Crippen LogP contribution in [0.3, 0.4) is 0 Å². The molecule has 0 saturated heterocycles. The molecule has 0 fully saturated rings. The Kier molecular flexibility index (Phi) is 7.81. The van der Waals surface area contributed by atoms with Gasteiger partial charge in [-0.1, -0.05) is 28.1 Å². The van der Waals surface area contributed by atoms with Crippen LogP contribution in [0, 0.1) is 0 Å². The van der Waals surface area contributed by atoms with E-state index >= 15 is 0 Å². The predicted octanol–water partition coefficient (Wildman–Crippen LogP) is 3.57. The number of halogens is 3. The van der Waals surface area contributed by atoms with E-state index in [0.29, 0.717) is 30.3 Å². The largest absolute Gasteiger partial charge is 0.506 e. The third kappa shape index (κ3) is 5.53. The zero-order valence-corrected chi connectivity index (χ0v) is 18.7. The summed E-state index contributed by atoms with van der Waals surface area (Å²) in [4.78, 5) is 24.0. The average Bonchev–Trinajstić information content (AvgIpc) is 2.66. The van der Waals surface area contributed by atoms with Gasteiger partial charge in [-0.2, -0.15) is 5.10 Å². The molecule has 2 aromatic carbocycles. The maximum atomic E-state index is 12.1. The van der Waals surface area contributed by atoms with Gasteiger partial charge in [0.05, 0.1) is 34.4 Å². The summed E-state index contributed by atoms with van der Waals surface area (Å²) in [5.41, 5.74) is 3.17. The number of carbonyl (C=O) groups excluding carboxylic acids is 2. The molecule has 0 aliphatic heterocycles. The van der Waals surface area contributed by atoms with Crippen molar-refractivity contribution in [2.75, 3.05) is 13.7 Å². The molecule has 27 heavy (non-hydrogen) atoms. The van der Waals surface area contributed by atoms with Crippen molar-refractivity contribution in [3.8, 4) is 11.5 Å². The molecule has 2 aromatic rings. The Hall–Kier alpha value is -1.91. The number of hydrogen-bond acceptors (Lipinski definition) is 5. The first kappa shape index (κ1) is 21.4. The van der Waals surface area contributed by atoms with Gasteiger partial charge in [-0.15, -0.1) is 0 Å². The number of rotatable bonds is 6. The number of nitrogens with zero attached hydrogens (tertiary/aromatic N) is 1. The molecule has 0 spiro atoms. The standard InChI is InChI=1S/C17H14Br3N3O4/c1-27-13-5-3-2-4-9(13)17(26)21-8-14(24)23-22-7-10-11(18)6-12(19)16(25)15(10)20/h2-7,25H,8H2,1H3,(H,21,26)(H,23,24). The highest BCUT2D eigenvalue weighted by molar-refractivity contribution is 9.11. The number of aromatic hydroxyl groups is 1. The molecule has 0 aromatic heterocycles. The molecule has 0 atom stereocenters. The quantitative estimate of drug-likeness (QED) is 0.370. The van der Waals surface area contributed by atoms with E-state index < -0.39 is 11.8 Å². The Morgan fingerprint density at radius 2 is 1.93 bits per heavy atom. The lowest BCUT2D eigenvalue weighted by Gasteiger charge is -2.08. The van der Waals surface area contributed by atoms with E-state index in [1.165, 1.54) is 13.3 Å². The van der Waals surface area contributed by atoms with Crippen molar-refractivity contribution in [2.45, 2.75) is 0 Å². The molecule has 0 saturated carbocycles. The SMILES string of the molecule is COc1ccccc1C(=O)NCC(=O)NN=Cc1c(Br)cc(Br)c(O)c1Br. The molecule has 3 N–H and O–H groups in total. The van der Waals surface area contributed by atoms with Gasteiger partial charge in [0, 0.05) is 10.0 Å². The first-order valence-corrected chi connectivity index (χ1v) is 9.82. The number of nitrogens with one attached hydrogen (secondary N) is 2. The smallest absolute Gasteiger partial charge is 0.259 e. The van der Waals surface area contributed by atoms with Crippen molar-refractivity contribution < 1.29 is 19.4 Å². The van der Waals surface area contributed by atoms with Gasteiger partial charge in [-0.25, -0.2) is 5.43 Å². The van der Waals surface area contributed by atoms with Crippen LogP contribution in [-0.4, -0.2) is 36.8 Å². The second-order valence-electron chi connectivity index (χ2n) is 5.09. The minimum Gasteiger partial charge on any atom is -0.506 e. The fourth-order valence-corrected chi connectivity index (χ4v) is 4.33. The van der Waals surface area contributed by atoms with E-state index in [4.69, 9.17) is 4.74 Å². The van der Waals surface area contributed by atoms with Crippen LogP contribution in [0.5, 0.6) is 11.5 Å². The highest BCUT2D eigenvalue weighted by atomic mass is 79.9.